The van der Waals surface area contributed by atoms with Gasteiger partial charge in [-0.15, -0.1) is 0 Å². The van der Waals surface area contributed by atoms with Gasteiger partial charge in [0.2, 0.25) is 5.75 Å². The van der Waals surface area contributed by atoms with Gasteiger partial charge in [0.05, 0.1) is 52.0 Å². The summed E-state index contributed by atoms with van der Waals surface area (Å²) in [5.41, 5.74) is 0.895. The fraction of sp³-hybridized carbons (Fsp3) is 0.450. The van der Waals surface area contributed by atoms with E-state index in [0.717, 1.165) is 0 Å². The number of carbonyl (C=O) groups excluding carboxylic acids is 2. The topological polar surface area (TPSA) is 104 Å². The Hall–Kier alpha value is -3.27. The molecule has 10 heteroatoms. The quantitative estimate of drug-likeness (QED) is 0.729. The number of aromatic nitrogens is 2. The molecule has 0 saturated carbocycles. The first-order valence-electron chi connectivity index (χ1n) is 9.58. The van der Waals surface area contributed by atoms with Gasteiger partial charge in [0, 0.05) is 19.6 Å². The van der Waals surface area contributed by atoms with Crippen molar-refractivity contribution in [2.75, 3.05) is 52.9 Å². The van der Waals surface area contributed by atoms with Crippen molar-refractivity contribution in [2.45, 2.75) is 13.5 Å². The molecule has 0 atom stereocenters. The fourth-order valence-electron chi connectivity index (χ4n) is 3.33. The Labute approximate surface area is 174 Å². The monoisotopic (exact) mass is 418 g/mol. The highest BCUT2D eigenvalue weighted by Gasteiger charge is 2.27. The van der Waals surface area contributed by atoms with Crippen molar-refractivity contribution in [1.82, 2.24) is 14.7 Å². The molecule has 0 spiro atoms. The summed E-state index contributed by atoms with van der Waals surface area (Å²) in [4.78, 5) is 27.8. The smallest absolute Gasteiger partial charge is 0.274 e. The molecular weight excluding hydrogens is 392 g/mol. The van der Waals surface area contributed by atoms with E-state index in [-0.39, 0.29) is 17.2 Å². The average molecular weight is 418 g/mol. The SMILES string of the molecule is CCn1ncc(NC(=O)c2ccc(OC)c(OC)c2OC)c1C(=O)N1CCOCC1. The van der Waals surface area contributed by atoms with Crippen LogP contribution in [0.15, 0.2) is 18.3 Å². The molecule has 1 N–H and O–H groups in total. The highest BCUT2D eigenvalue weighted by atomic mass is 16.5. The highest BCUT2D eigenvalue weighted by Crippen LogP contribution is 2.40. The van der Waals surface area contributed by atoms with E-state index in [9.17, 15) is 9.59 Å². The van der Waals surface area contributed by atoms with Gasteiger partial charge >= 0.3 is 0 Å². The minimum absolute atomic E-state index is 0.202. The molecule has 1 fully saturated rings. The number of amides is 2. The number of anilines is 1. The molecule has 0 aliphatic carbocycles. The predicted octanol–water partition coefficient (Wildman–Crippen LogP) is 1.65. The summed E-state index contributed by atoms with van der Waals surface area (Å²) in [5, 5.41) is 7.04. The molecule has 3 rings (SSSR count). The molecular formula is C20H26N4O6. The van der Waals surface area contributed by atoms with E-state index < -0.39 is 5.91 Å². The Morgan fingerprint density at radius 1 is 1.10 bits per heavy atom. The molecule has 2 heterocycles. The van der Waals surface area contributed by atoms with E-state index in [4.69, 9.17) is 18.9 Å². The van der Waals surface area contributed by atoms with Crippen molar-refractivity contribution >= 4 is 17.5 Å². The molecule has 0 radical (unpaired) electrons. The zero-order valence-corrected chi connectivity index (χ0v) is 17.6. The molecule has 0 unspecified atom stereocenters. The predicted molar refractivity (Wildman–Crippen MR) is 109 cm³/mol. The van der Waals surface area contributed by atoms with E-state index >= 15 is 0 Å². The maximum atomic E-state index is 13.1. The Morgan fingerprint density at radius 3 is 2.40 bits per heavy atom. The standard InChI is InChI=1S/C20H26N4O6/c1-5-24-16(20(26)23-8-10-30-11-9-23)14(12-21-24)22-19(25)13-6-7-15(27-2)18(29-4)17(13)28-3/h6-7,12H,5,8-11H2,1-4H3,(H,22,25). The number of ether oxygens (including phenoxy) is 4. The number of hydrogen-bond donors (Lipinski definition) is 1. The second-order valence-electron chi connectivity index (χ2n) is 6.46. The van der Waals surface area contributed by atoms with Crippen molar-refractivity contribution in [3.8, 4) is 17.2 Å². The summed E-state index contributed by atoms with van der Waals surface area (Å²) in [6, 6.07) is 3.19. The van der Waals surface area contributed by atoms with Crippen molar-refractivity contribution in [1.29, 1.82) is 0 Å². The van der Waals surface area contributed by atoms with Crippen LogP contribution >= 0.6 is 0 Å². The van der Waals surface area contributed by atoms with Crippen LogP contribution in [0.3, 0.4) is 0 Å². The van der Waals surface area contributed by atoms with Crippen LogP contribution in [0.5, 0.6) is 17.2 Å². The first-order valence-corrected chi connectivity index (χ1v) is 9.58. The zero-order valence-electron chi connectivity index (χ0n) is 17.6. The number of benzene rings is 1. The lowest BCUT2D eigenvalue weighted by molar-refractivity contribution is 0.0295. The van der Waals surface area contributed by atoms with Crippen LogP contribution in [0.1, 0.15) is 27.8 Å². The number of aryl methyl sites for hydroxylation is 1. The fourth-order valence-corrected chi connectivity index (χ4v) is 3.33. The Balaban J connectivity index is 1.93. The van der Waals surface area contributed by atoms with Crippen LogP contribution < -0.4 is 19.5 Å². The van der Waals surface area contributed by atoms with E-state index in [1.165, 1.54) is 27.5 Å². The van der Waals surface area contributed by atoms with E-state index in [0.29, 0.717) is 55.7 Å². The lowest BCUT2D eigenvalue weighted by Gasteiger charge is -2.27. The number of nitrogens with one attached hydrogen (secondary N) is 1. The second kappa shape index (κ2) is 9.49. The molecule has 162 valence electrons. The molecule has 1 aliphatic heterocycles. The van der Waals surface area contributed by atoms with Crippen LogP contribution in [0.4, 0.5) is 5.69 Å². The Bertz CT molecular complexity index is 920. The molecule has 30 heavy (non-hydrogen) atoms. The van der Waals surface area contributed by atoms with Crippen LogP contribution in [0, 0.1) is 0 Å². The molecule has 2 aromatic rings. The van der Waals surface area contributed by atoms with Crippen LogP contribution in [-0.2, 0) is 11.3 Å². The van der Waals surface area contributed by atoms with Gasteiger partial charge in [-0.2, -0.15) is 5.10 Å². The molecule has 1 aromatic heterocycles. The number of rotatable bonds is 7. The summed E-state index contributed by atoms with van der Waals surface area (Å²) in [7, 11) is 4.41. The van der Waals surface area contributed by atoms with Crippen LogP contribution in [0.2, 0.25) is 0 Å². The third kappa shape index (κ3) is 4.04. The minimum Gasteiger partial charge on any atom is -0.493 e. The summed E-state index contributed by atoms with van der Waals surface area (Å²) in [6.45, 7) is 4.31. The van der Waals surface area contributed by atoms with E-state index in [2.05, 4.69) is 10.4 Å². The zero-order chi connectivity index (χ0) is 21.7. The Morgan fingerprint density at radius 2 is 1.80 bits per heavy atom. The van der Waals surface area contributed by atoms with E-state index in [1.54, 1.807) is 21.7 Å². The van der Waals surface area contributed by atoms with Crippen LogP contribution in [0.25, 0.3) is 0 Å². The second-order valence-corrected chi connectivity index (χ2v) is 6.46. The van der Waals surface area contributed by atoms with Gasteiger partial charge in [-0.05, 0) is 19.1 Å². The molecule has 1 aromatic carbocycles. The number of carbonyl (C=O) groups is 2. The maximum absolute atomic E-state index is 13.1. The summed E-state index contributed by atoms with van der Waals surface area (Å²) >= 11 is 0. The van der Waals surface area contributed by atoms with Gasteiger partial charge in [0.15, 0.2) is 11.5 Å². The molecule has 0 bridgehead atoms. The lowest BCUT2D eigenvalue weighted by atomic mass is 10.1. The average Bonchev–Trinajstić information content (AvgIpc) is 3.20. The van der Waals surface area contributed by atoms with Crippen LogP contribution in [-0.4, -0.2) is 74.1 Å². The van der Waals surface area contributed by atoms with Crippen molar-refractivity contribution in [3.05, 3.63) is 29.6 Å². The van der Waals surface area contributed by atoms with Gasteiger partial charge < -0.3 is 29.2 Å². The van der Waals surface area contributed by atoms with Gasteiger partial charge in [0.1, 0.15) is 5.69 Å². The van der Waals surface area contributed by atoms with Crippen molar-refractivity contribution < 1.29 is 28.5 Å². The lowest BCUT2D eigenvalue weighted by Crippen LogP contribution is -2.41. The van der Waals surface area contributed by atoms with Gasteiger partial charge in [-0.1, -0.05) is 0 Å². The van der Waals surface area contributed by atoms with Gasteiger partial charge in [-0.3, -0.25) is 14.3 Å². The number of morpholine rings is 1. The summed E-state index contributed by atoms with van der Waals surface area (Å²) < 4.78 is 22.9. The maximum Gasteiger partial charge on any atom is 0.274 e. The highest BCUT2D eigenvalue weighted by molar-refractivity contribution is 6.10. The molecule has 10 nitrogen and oxygen atoms in total. The first kappa shape index (κ1) is 21.4. The van der Waals surface area contributed by atoms with Gasteiger partial charge in [-0.25, -0.2) is 0 Å². The minimum atomic E-state index is -0.459. The number of nitrogens with zero attached hydrogens (tertiary/aromatic N) is 3. The van der Waals surface area contributed by atoms with Gasteiger partial charge in [0.25, 0.3) is 11.8 Å². The molecule has 1 aliphatic rings. The third-order valence-electron chi connectivity index (χ3n) is 4.84. The first-order chi connectivity index (χ1) is 14.5. The Kier molecular flexibility index (Phi) is 6.78. The summed E-state index contributed by atoms with van der Waals surface area (Å²) in [5.74, 6) is 0.319. The summed E-state index contributed by atoms with van der Waals surface area (Å²) in [6.07, 6.45) is 1.47. The number of hydrogen-bond acceptors (Lipinski definition) is 7. The van der Waals surface area contributed by atoms with Crippen molar-refractivity contribution in [2.24, 2.45) is 0 Å². The third-order valence-corrected chi connectivity index (χ3v) is 4.84. The number of methoxy groups -OCH3 is 3. The van der Waals surface area contributed by atoms with Crippen molar-refractivity contribution in [3.63, 3.8) is 0 Å². The van der Waals surface area contributed by atoms with E-state index in [1.807, 2.05) is 6.92 Å². The molecule has 2 amide bonds. The largest absolute Gasteiger partial charge is 0.493 e. The normalized spacial score (nSPS) is 13.7. The molecule has 1 saturated heterocycles.